The molecule has 0 spiro atoms. The van der Waals surface area contributed by atoms with Crippen molar-refractivity contribution >= 4 is 44.8 Å². The molecule has 0 saturated heterocycles. The van der Waals surface area contributed by atoms with Gasteiger partial charge in [0, 0.05) is 16.0 Å². The average molecular weight is 603 g/mol. The number of hydrogen-bond donors (Lipinski definition) is 2. The summed E-state index contributed by atoms with van der Waals surface area (Å²) in [6.07, 6.45) is 6.11. The molecule has 2 aromatic carbocycles. The van der Waals surface area contributed by atoms with Crippen molar-refractivity contribution in [2.45, 2.75) is 49.7 Å². The molecule has 2 aliphatic carbocycles. The van der Waals surface area contributed by atoms with E-state index in [0.717, 1.165) is 28.6 Å². The summed E-state index contributed by atoms with van der Waals surface area (Å²) in [6, 6.07) is 13.4. The fraction of sp³-hybridized carbons (Fsp3) is 0.286. The first-order chi connectivity index (χ1) is 17.8. The lowest BCUT2D eigenvalue weighted by Gasteiger charge is -2.44. The van der Waals surface area contributed by atoms with E-state index in [1.807, 2.05) is 12.1 Å². The molecule has 0 atom stereocenters. The van der Waals surface area contributed by atoms with Crippen LogP contribution in [0.3, 0.4) is 0 Å². The number of aromatic nitrogens is 1. The molecule has 3 aromatic rings. The molecule has 0 amide bonds. The van der Waals surface area contributed by atoms with Gasteiger partial charge in [0.15, 0.2) is 0 Å². The smallest absolute Gasteiger partial charge is 0.203 e. The molecule has 2 aliphatic rings. The summed E-state index contributed by atoms with van der Waals surface area (Å²) >= 11 is 16.4. The summed E-state index contributed by atoms with van der Waals surface area (Å²) in [5.74, 6) is 1.39. The van der Waals surface area contributed by atoms with Crippen molar-refractivity contribution in [1.82, 2.24) is 5.16 Å². The Morgan fingerprint density at radius 2 is 1.92 bits per heavy atom. The Bertz CT molecular complexity index is 1370. The Morgan fingerprint density at radius 1 is 1.22 bits per heavy atom. The molecule has 192 valence electrons. The van der Waals surface area contributed by atoms with E-state index in [4.69, 9.17) is 38.2 Å². The molecule has 9 heteroatoms. The van der Waals surface area contributed by atoms with Crippen LogP contribution in [0, 0.1) is 0 Å². The average Bonchev–Trinajstić information content (AvgIpc) is 3.61. The van der Waals surface area contributed by atoms with E-state index in [2.05, 4.69) is 44.8 Å². The van der Waals surface area contributed by atoms with E-state index in [1.165, 1.54) is 11.8 Å². The first-order valence-corrected chi connectivity index (χ1v) is 13.5. The molecule has 6 nitrogen and oxygen atoms in total. The van der Waals surface area contributed by atoms with Gasteiger partial charge in [0.05, 0.1) is 27.5 Å². The highest BCUT2D eigenvalue weighted by Crippen LogP contribution is 2.47. The van der Waals surface area contributed by atoms with Crippen molar-refractivity contribution in [2.24, 2.45) is 10.7 Å². The highest BCUT2D eigenvalue weighted by molar-refractivity contribution is 9.10. The number of ether oxygens (including phenoxy) is 1. The molecule has 0 unspecified atom stereocenters. The molecule has 2 saturated carbocycles. The van der Waals surface area contributed by atoms with Crippen molar-refractivity contribution in [3.63, 3.8) is 0 Å². The van der Waals surface area contributed by atoms with Crippen LogP contribution in [0.15, 0.2) is 81.2 Å². The SMILES string of the molecule is C=CC(=N/C=C(\N)OCc1c(-c2c(Cl)cccc2Cl)noc1C1CC1)C1(O)CC(c2cccc(Br)c2)C1. The van der Waals surface area contributed by atoms with Gasteiger partial charge in [-0.2, -0.15) is 0 Å². The van der Waals surface area contributed by atoms with Crippen molar-refractivity contribution in [3.05, 3.63) is 98.6 Å². The molecule has 0 aliphatic heterocycles. The minimum atomic E-state index is -1.06. The van der Waals surface area contributed by atoms with Crippen LogP contribution in [-0.4, -0.2) is 21.6 Å². The summed E-state index contributed by atoms with van der Waals surface area (Å²) < 4.78 is 12.5. The van der Waals surface area contributed by atoms with E-state index in [9.17, 15) is 5.11 Å². The lowest BCUT2D eigenvalue weighted by molar-refractivity contribution is 0.0167. The fourth-order valence-electron chi connectivity index (χ4n) is 4.70. The maximum Gasteiger partial charge on any atom is 0.203 e. The Labute approximate surface area is 233 Å². The maximum atomic E-state index is 11.1. The zero-order chi connectivity index (χ0) is 26.2. The molecule has 0 radical (unpaired) electrons. The number of hydrogen-bond acceptors (Lipinski definition) is 6. The monoisotopic (exact) mass is 601 g/mol. The minimum Gasteiger partial charge on any atom is -0.473 e. The number of nitrogens with two attached hydrogens (primary N) is 1. The van der Waals surface area contributed by atoms with Crippen LogP contribution in [0.2, 0.25) is 10.0 Å². The first kappa shape index (κ1) is 26.0. The Balaban J connectivity index is 1.30. The second-order valence-electron chi connectivity index (χ2n) is 9.48. The van der Waals surface area contributed by atoms with E-state index < -0.39 is 5.60 Å². The van der Waals surface area contributed by atoms with Crippen LogP contribution >= 0.6 is 39.1 Å². The van der Waals surface area contributed by atoms with E-state index in [0.29, 0.717) is 45.8 Å². The molecule has 3 N–H and O–H groups in total. The number of nitrogens with zero attached hydrogens (tertiary/aromatic N) is 2. The van der Waals surface area contributed by atoms with Crippen LogP contribution in [-0.2, 0) is 11.3 Å². The molecule has 37 heavy (non-hydrogen) atoms. The molecule has 1 aromatic heterocycles. The van der Waals surface area contributed by atoms with Crippen molar-refractivity contribution in [2.75, 3.05) is 0 Å². The van der Waals surface area contributed by atoms with Crippen LogP contribution in [0.4, 0.5) is 0 Å². The molecule has 0 bridgehead atoms. The second-order valence-corrected chi connectivity index (χ2v) is 11.2. The van der Waals surface area contributed by atoms with Gasteiger partial charge in [-0.3, -0.25) is 4.99 Å². The van der Waals surface area contributed by atoms with Gasteiger partial charge >= 0.3 is 0 Å². The number of benzene rings is 2. The summed E-state index contributed by atoms with van der Waals surface area (Å²) in [4.78, 5) is 4.41. The predicted molar refractivity (Wildman–Crippen MR) is 150 cm³/mol. The molecular weight excluding hydrogens is 577 g/mol. The maximum absolute atomic E-state index is 11.1. The summed E-state index contributed by atoms with van der Waals surface area (Å²) in [6.45, 7) is 3.94. The van der Waals surface area contributed by atoms with E-state index in [-0.39, 0.29) is 18.4 Å². The Morgan fingerprint density at radius 3 is 2.57 bits per heavy atom. The fourth-order valence-corrected chi connectivity index (χ4v) is 5.69. The largest absolute Gasteiger partial charge is 0.473 e. The van der Waals surface area contributed by atoms with Gasteiger partial charge in [0.2, 0.25) is 5.88 Å². The van der Waals surface area contributed by atoms with Gasteiger partial charge in [-0.25, -0.2) is 0 Å². The second kappa shape index (κ2) is 10.7. The normalized spacial score (nSPS) is 22.0. The minimum absolute atomic E-state index is 0.0879. The van der Waals surface area contributed by atoms with Crippen LogP contribution in [0.25, 0.3) is 11.3 Å². The van der Waals surface area contributed by atoms with E-state index in [1.54, 1.807) is 24.3 Å². The molecule has 5 rings (SSSR count). The molecular formula is C28H26BrCl2N3O3. The summed E-state index contributed by atoms with van der Waals surface area (Å²) in [5.41, 5.74) is 8.60. The number of aliphatic hydroxyl groups is 1. The van der Waals surface area contributed by atoms with Crippen molar-refractivity contribution in [3.8, 4) is 11.3 Å². The van der Waals surface area contributed by atoms with E-state index >= 15 is 0 Å². The van der Waals surface area contributed by atoms with Gasteiger partial charge in [0.1, 0.15) is 23.7 Å². The Kier molecular flexibility index (Phi) is 7.50. The third-order valence-electron chi connectivity index (χ3n) is 6.84. The summed E-state index contributed by atoms with van der Waals surface area (Å²) in [5, 5.41) is 16.3. The van der Waals surface area contributed by atoms with Gasteiger partial charge in [0.25, 0.3) is 0 Å². The van der Waals surface area contributed by atoms with Crippen LogP contribution in [0.1, 0.15) is 54.4 Å². The van der Waals surface area contributed by atoms with Crippen molar-refractivity contribution < 1.29 is 14.4 Å². The standard InChI is InChI=1S/C28H26BrCl2N3O3/c1-2-23(28(35)12-18(13-28)17-5-3-6-19(29)11-17)33-14-24(32)36-15-20-26(34-37-27(20)16-9-10-16)25-21(30)7-4-8-22(25)31/h2-8,11,14,16,18,35H,1,9-10,12-13,15,32H2/b24-14+,33-23?. The topological polar surface area (TPSA) is 93.9 Å². The first-order valence-electron chi connectivity index (χ1n) is 12.0. The number of rotatable bonds is 9. The van der Waals surface area contributed by atoms with Crippen molar-refractivity contribution in [1.29, 1.82) is 0 Å². The quantitative estimate of drug-likeness (QED) is 0.195. The lowest BCUT2D eigenvalue weighted by Crippen LogP contribution is -2.48. The predicted octanol–water partition coefficient (Wildman–Crippen LogP) is 7.50. The van der Waals surface area contributed by atoms with Gasteiger partial charge in [-0.05, 0) is 67.5 Å². The lowest BCUT2D eigenvalue weighted by atomic mass is 9.65. The van der Waals surface area contributed by atoms with Crippen LogP contribution in [0.5, 0.6) is 0 Å². The van der Waals surface area contributed by atoms with Gasteiger partial charge in [-0.15, -0.1) is 0 Å². The highest BCUT2D eigenvalue weighted by atomic mass is 79.9. The third-order valence-corrected chi connectivity index (χ3v) is 7.96. The zero-order valence-corrected chi connectivity index (χ0v) is 23.1. The number of halogens is 3. The molecule has 2 fully saturated rings. The van der Waals surface area contributed by atoms with Gasteiger partial charge < -0.3 is 20.1 Å². The highest BCUT2D eigenvalue weighted by Gasteiger charge is 2.46. The number of aliphatic imine (C=N–C) groups is 1. The summed E-state index contributed by atoms with van der Waals surface area (Å²) in [7, 11) is 0. The third kappa shape index (κ3) is 5.50. The molecule has 1 heterocycles. The van der Waals surface area contributed by atoms with Gasteiger partial charge in [-0.1, -0.05) is 69.1 Å². The Hall–Kier alpha value is -2.58. The van der Waals surface area contributed by atoms with Crippen LogP contribution < -0.4 is 5.73 Å². The zero-order valence-electron chi connectivity index (χ0n) is 20.0.